The van der Waals surface area contributed by atoms with Crippen LogP contribution in [0.3, 0.4) is 0 Å². The predicted octanol–water partition coefficient (Wildman–Crippen LogP) is 4.70. The van der Waals surface area contributed by atoms with E-state index in [-0.39, 0.29) is 11.8 Å². The Hall–Kier alpha value is -1.09. The van der Waals surface area contributed by atoms with Gasteiger partial charge in [-0.2, -0.15) is 0 Å². The first-order chi connectivity index (χ1) is 10.1. The molecule has 1 fully saturated rings. The third-order valence-corrected chi connectivity index (χ3v) is 4.30. The molecule has 1 amide bonds. The summed E-state index contributed by atoms with van der Waals surface area (Å²) in [7, 11) is 0. The van der Waals surface area contributed by atoms with Crippen molar-refractivity contribution in [3.63, 3.8) is 0 Å². The molecule has 0 atom stereocenters. The minimum atomic E-state index is -0.0215. The first kappa shape index (κ1) is 16.3. The SMILES string of the molecule is CC(C)c1cc(C(=O)NC2CCCCCCC2)cc(Cl)n1. The lowest BCUT2D eigenvalue weighted by molar-refractivity contribution is 0.0930. The molecule has 1 N–H and O–H groups in total. The van der Waals surface area contributed by atoms with Gasteiger partial charge in [-0.05, 0) is 30.9 Å². The molecule has 1 aromatic rings. The highest BCUT2D eigenvalue weighted by Crippen LogP contribution is 2.20. The van der Waals surface area contributed by atoms with Crippen molar-refractivity contribution in [2.24, 2.45) is 0 Å². The highest BCUT2D eigenvalue weighted by molar-refractivity contribution is 6.29. The molecule has 0 spiro atoms. The summed E-state index contributed by atoms with van der Waals surface area (Å²) in [5, 5.41) is 3.56. The molecule has 1 heterocycles. The lowest BCUT2D eigenvalue weighted by Crippen LogP contribution is -2.35. The van der Waals surface area contributed by atoms with Crippen molar-refractivity contribution in [2.45, 2.75) is 70.8 Å². The van der Waals surface area contributed by atoms with Crippen LogP contribution in [-0.4, -0.2) is 16.9 Å². The predicted molar refractivity (Wildman–Crippen MR) is 86.9 cm³/mol. The fourth-order valence-electron chi connectivity index (χ4n) is 2.81. The van der Waals surface area contributed by atoms with E-state index in [0.29, 0.717) is 16.8 Å². The second-order valence-corrected chi connectivity index (χ2v) is 6.66. The molecule has 116 valence electrons. The molecular formula is C17H25ClN2O. The van der Waals surface area contributed by atoms with Crippen molar-refractivity contribution >= 4 is 17.5 Å². The average molecular weight is 309 g/mol. The standard InChI is InChI=1S/C17H25ClN2O/c1-12(2)15-10-13(11-16(18)20-15)17(21)19-14-8-6-4-3-5-7-9-14/h10-12,14H,3-9H2,1-2H3,(H,19,21). The zero-order valence-electron chi connectivity index (χ0n) is 13.0. The highest BCUT2D eigenvalue weighted by Gasteiger charge is 2.16. The number of pyridine rings is 1. The lowest BCUT2D eigenvalue weighted by atomic mass is 9.96. The summed E-state index contributed by atoms with van der Waals surface area (Å²) in [6, 6.07) is 3.81. The minimum absolute atomic E-state index is 0.0215. The van der Waals surface area contributed by atoms with Gasteiger partial charge in [0.2, 0.25) is 0 Å². The van der Waals surface area contributed by atoms with E-state index in [9.17, 15) is 4.79 Å². The van der Waals surface area contributed by atoms with Crippen LogP contribution in [0.5, 0.6) is 0 Å². The summed E-state index contributed by atoms with van der Waals surface area (Å²) >= 11 is 6.04. The molecule has 3 nitrogen and oxygen atoms in total. The lowest BCUT2D eigenvalue weighted by Gasteiger charge is -2.21. The van der Waals surface area contributed by atoms with E-state index in [2.05, 4.69) is 24.1 Å². The van der Waals surface area contributed by atoms with Crippen molar-refractivity contribution in [3.05, 3.63) is 28.5 Å². The number of halogens is 1. The first-order valence-corrected chi connectivity index (χ1v) is 8.42. The Bertz CT molecular complexity index is 480. The maximum atomic E-state index is 12.4. The van der Waals surface area contributed by atoms with Crippen LogP contribution in [-0.2, 0) is 0 Å². The van der Waals surface area contributed by atoms with E-state index in [1.807, 2.05) is 6.07 Å². The highest BCUT2D eigenvalue weighted by atomic mass is 35.5. The number of amides is 1. The zero-order valence-corrected chi connectivity index (χ0v) is 13.7. The van der Waals surface area contributed by atoms with E-state index in [4.69, 9.17) is 11.6 Å². The third kappa shape index (κ3) is 4.99. The molecule has 0 bridgehead atoms. The van der Waals surface area contributed by atoms with E-state index < -0.39 is 0 Å². The number of rotatable bonds is 3. The van der Waals surface area contributed by atoms with Crippen LogP contribution >= 0.6 is 11.6 Å². The molecule has 2 rings (SSSR count). The van der Waals surface area contributed by atoms with Gasteiger partial charge in [-0.1, -0.05) is 57.6 Å². The van der Waals surface area contributed by atoms with Crippen molar-refractivity contribution in [1.82, 2.24) is 10.3 Å². The zero-order chi connectivity index (χ0) is 15.2. The van der Waals surface area contributed by atoms with E-state index in [1.54, 1.807) is 6.07 Å². The van der Waals surface area contributed by atoms with Crippen molar-refractivity contribution in [3.8, 4) is 0 Å². The molecule has 0 unspecified atom stereocenters. The Morgan fingerprint density at radius 3 is 2.43 bits per heavy atom. The van der Waals surface area contributed by atoms with Crippen LogP contribution in [0.4, 0.5) is 0 Å². The van der Waals surface area contributed by atoms with Crippen molar-refractivity contribution in [2.75, 3.05) is 0 Å². The normalized spacial score (nSPS) is 17.3. The van der Waals surface area contributed by atoms with Gasteiger partial charge in [0.15, 0.2) is 0 Å². The molecule has 1 aliphatic rings. The van der Waals surface area contributed by atoms with Gasteiger partial charge in [0, 0.05) is 17.3 Å². The maximum absolute atomic E-state index is 12.4. The van der Waals surface area contributed by atoms with Crippen LogP contribution in [0.1, 0.15) is 80.8 Å². The number of hydrogen-bond acceptors (Lipinski definition) is 2. The van der Waals surface area contributed by atoms with Crippen LogP contribution in [0, 0.1) is 0 Å². The van der Waals surface area contributed by atoms with Gasteiger partial charge < -0.3 is 5.32 Å². The molecule has 1 aliphatic carbocycles. The van der Waals surface area contributed by atoms with Gasteiger partial charge in [-0.25, -0.2) is 4.98 Å². The van der Waals surface area contributed by atoms with Crippen LogP contribution < -0.4 is 5.32 Å². The van der Waals surface area contributed by atoms with E-state index in [0.717, 1.165) is 18.5 Å². The first-order valence-electron chi connectivity index (χ1n) is 8.04. The van der Waals surface area contributed by atoms with Gasteiger partial charge in [0.1, 0.15) is 5.15 Å². The number of carbonyl (C=O) groups excluding carboxylic acids is 1. The Morgan fingerprint density at radius 1 is 1.19 bits per heavy atom. The number of nitrogens with zero attached hydrogens (tertiary/aromatic N) is 1. The van der Waals surface area contributed by atoms with Gasteiger partial charge >= 0.3 is 0 Å². The minimum Gasteiger partial charge on any atom is -0.349 e. The topological polar surface area (TPSA) is 42.0 Å². The summed E-state index contributed by atoms with van der Waals surface area (Å²) in [4.78, 5) is 16.7. The fraction of sp³-hybridized carbons (Fsp3) is 0.647. The Morgan fingerprint density at radius 2 is 1.81 bits per heavy atom. The molecule has 1 aromatic heterocycles. The number of hydrogen-bond donors (Lipinski definition) is 1. The molecule has 4 heteroatoms. The van der Waals surface area contributed by atoms with E-state index >= 15 is 0 Å². The monoisotopic (exact) mass is 308 g/mol. The molecular weight excluding hydrogens is 284 g/mol. The summed E-state index contributed by atoms with van der Waals surface area (Å²) in [5.74, 6) is 0.239. The molecule has 1 saturated carbocycles. The number of aromatic nitrogens is 1. The largest absolute Gasteiger partial charge is 0.349 e. The van der Waals surface area contributed by atoms with Crippen LogP contribution in [0.25, 0.3) is 0 Å². The number of carbonyl (C=O) groups is 1. The molecule has 21 heavy (non-hydrogen) atoms. The third-order valence-electron chi connectivity index (χ3n) is 4.11. The Labute approximate surface area is 132 Å². The van der Waals surface area contributed by atoms with Gasteiger partial charge in [-0.3, -0.25) is 4.79 Å². The fourth-order valence-corrected chi connectivity index (χ4v) is 3.03. The van der Waals surface area contributed by atoms with Gasteiger partial charge in [0.05, 0.1) is 0 Å². The van der Waals surface area contributed by atoms with Gasteiger partial charge in [0.25, 0.3) is 5.91 Å². The van der Waals surface area contributed by atoms with Gasteiger partial charge in [-0.15, -0.1) is 0 Å². The molecule has 0 aromatic carbocycles. The summed E-state index contributed by atoms with van der Waals surface area (Å²) < 4.78 is 0. The molecule has 0 radical (unpaired) electrons. The average Bonchev–Trinajstić information content (AvgIpc) is 2.40. The van der Waals surface area contributed by atoms with Crippen LogP contribution in [0.2, 0.25) is 5.15 Å². The summed E-state index contributed by atoms with van der Waals surface area (Å²) in [5.41, 5.74) is 1.49. The molecule has 0 aliphatic heterocycles. The maximum Gasteiger partial charge on any atom is 0.251 e. The quantitative estimate of drug-likeness (QED) is 0.822. The van der Waals surface area contributed by atoms with Crippen molar-refractivity contribution in [1.29, 1.82) is 0 Å². The summed E-state index contributed by atoms with van der Waals surface area (Å²) in [6.07, 6.45) is 8.48. The second kappa shape index (κ2) is 7.79. The smallest absolute Gasteiger partial charge is 0.251 e. The second-order valence-electron chi connectivity index (χ2n) is 6.27. The van der Waals surface area contributed by atoms with Crippen LogP contribution in [0.15, 0.2) is 12.1 Å². The Balaban J connectivity index is 2.05. The van der Waals surface area contributed by atoms with Crippen molar-refractivity contribution < 1.29 is 4.79 Å². The summed E-state index contributed by atoms with van der Waals surface area (Å²) in [6.45, 7) is 4.10. The van der Waals surface area contributed by atoms with E-state index in [1.165, 1.54) is 32.1 Å². The number of nitrogens with one attached hydrogen (secondary N) is 1. The Kier molecular flexibility index (Phi) is 6.04. The molecule has 0 saturated heterocycles.